The van der Waals surface area contributed by atoms with E-state index in [1.54, 1.807) is 0 Å². The van der Waals surface area contributed by atoms with Crippen LogP contribution in [0.15, 0.2) is 24.3 Å². The Hall–Kier alpha value is -1.23. The molecule has 0 radical (unpaired) electrons. The zero-order chi connectivity index (χ0) is 13.5. The molecule has 0 saturated heterocycles. The van der Waals surface area contributed by atoms with E-state index in [1.807, 2.05) is 0 Å². The second-order valence-electron chi connectivity index (χ2n) is 3.72. The highest BCUT2D eigenvalue weighted by atomic mass is 79.9. The number of rotatable bonds is 6. The van der Waals surface area contributed by atoms with Gasteiger partial charge in [-0.2, -0.15) is 0 Å². The van der Waals surface area contributed by atoms with Crippen LogP contribution in [0.3, 0.4) is 0 Å². The monoisotopic (exact) mass is 318 g/mol. The first-order valence-electron chi connectivity index (χ1n) is 5.42. The maximum absolute atomic E-state index is 12.6. The van der Waals surface area contributed by atoms with Crippen LogP contribution in [0.4, 0.5) is 8.78 Å². The summed E-state index contributed by atoms with van der Waals surface area (Å²) in [7, 11) is 0. The van der Waals surface area contributed by atoms with Gasteiger partial charge in [0.2, 0.25) is 0 Å². The smallest absolute Gasteiger partial charge is 0.328 e. The fourth-order valence-electron chi connectivity index (χ4n) is 1.56. The molecule has 0 bridgehead atoms. The van der Waals surface area contributed by atoms with Crippen molar-refractivity contribution >= 4 is 28.0 Å². The van der Waals surface area contributed by atoms with E-state index in [0.717, 1.165) is 23.4 Å². The second kappa shape index (κ2) is 7.26. The summed E-state index contributed by atoms with van der Waals surface area (Å²) < 4.78 is 25.2. The number of aliphatic carboxylic acids is 1. The first kappa shape index (κ1) is 14.8. The lowest BCUT2D eigenvalue weighted by atomic mass is 10.00. The van der Waals surface area contributed by atoms with Crippen LogP contribution < -0.4 is 0 Å². The molecule has 0 saturated carbocycles. The number of halogens is 3. The molecular weight excluding hydrogens is 306 g/mol. The van der Waals surface area contributed by atoms with Crippen LogP contribution >= 0.6 is 15.9 Å². The zero-order valence-corrected chi connectivity index (χ0v) is 11.2. The summed E-state index contributed by atoms with van der Waals surface area (Å²) in [6, 6.07) is 4.29. The number of alkyl halides is 3. The molecule has 2 nitrogen and oxygen atoms in total. The molecule has 1 N–H and O–H groups in total. The summed E-state index contributed by atoms with van der Waals surface area (Å²) in [5, 5.41) is 9.34. The van der Waals surface area contributed by atoms with Crippen molar-refractivity contribution in [1.29, 1.82) is 0 Å². The van der Waals surface area contributed by atoms with Gasteiger partial charge in [-0.3, -0.25) is 0 Å². The summed E-state index contributed by atoms with van der Waals surface area (Å²) in [6.07, 6.45) is 1.37. The first-order valence-corrected chi connectivity index (χ1v) is 6.54. The van der Waals surface area contributed by atoms with Crippen LogP contribution in [-0.2, 0) is 11.2 Å². The van der Waals surface area contributed by atoms with Gasteiger partial charge in [-0.25, -0.2) is 13.6 Å². The van der Waals surface area contributed by atoms with Crippen LogP contribution in [0.1, 0.15) is 29.5 Å². The molecule has 0 aromatic heterocycles. The average molecular weight is 319 g/mol. The molecular formula is C13H13BrF2O2. The summed E-state index contributed by atoms with van der Waals surface area (Å²) >= 11 is 3.28. The third-order valence-corrected chi connectivity index (χ3v) is 2.96. The molecule has 0 heterocycles. The predicted octanol–water partition coefficient (Wildman–Crippen LogP) is 4.05. The molecule has 0 fully saturated rings. The van der Waals surface area contributed by atoms with Gasteiger partial charge in [-0.15, -0.1) is 0 Å². The molecule has 18 heavy (non-hydrogen) atoms. The Labute approximate surface area is 112 Å². The van der Waals surface area contributed by atoms with E-state index in [2.05, 4.69) is 15.9 Å². The van der Waals surface area contributed by atoms with E-state index < -0.39 is 12.4 Å². The average Bonchev–Trinajstić information content (AvgIpc) is 2.33. The van der Waals surface area contributed by atoms with Gasteiger partial charge < -0.3 is 5.11 Å². The molecule has 98 valence electrons. The van der Waals surface area contributed by atoms with E-state index >= 15 is 0 Å². The van der Waals surface area contributed by atoms with E-state index in [0.29, 0.717) is 12.0 Å². The molecule has 5 heteroatoms. The van der Waals surface area contributed by atoms with Gasteiger partial charge in [-0.1, -0.05) is 28.1 Å². The molecule has 1 rings (SSSR count). The van der Waals surface area contributed by atoms with Crippen LogP contribution in [0, 0.1) is 0 Å². The zero-order valence-electron chi connectivity index (χ0n) is 9.57. The van der Waals surface area contributed by atoms with Gasteiger partial charge in [0.25, 0.3) is 6.43 Å². The highest BCUT2D eigenvalue weighted by Gasteiger charge is 2.09. The van der Waals surface area contributed by atoms with Crippen LogP contribution in [0.2, 0.25) is 0 Å². The summed E-state index contributed by atoms with van der Waals surface area (Å²) in [4.78, 5) is 10.5. The van der Waals surface area contributed by atoms with Gasteiger partial charge in [0.1, 0.15) is 0 Å². The van der Waals surface area contributed by atoms with Crippen LogP contribution in [0.5, 0.6) is 0 Å². The van der Waals surface area contributed by atoms with E-state index in [1.165, 1.54) is 24.3 Å². The van der Waals surface area contributed by atoms with Crippen molar-refractivity contribution in [2.75, 3.05) is 5.33 Å². The molecule has 0 aliphatic rings. The van der Waals surface area contributed by atoms with E-state index in [9.17, 15) is 13.6 Å². The van der Waals surface area contributed by atoms with Crippen molar-refractivity contribution in [3.8, 4) is 0 Å². The number of carboxylic acids is 1. The van der Waals surface area contributed by atoms with Crippen molar-refractivity contribution < 1.29 is 18.7 Å². The highest BCUT2D eigenvalue weighted by molar-refractivity contribution is 9.09. The van der Waals surface area contributed by atoms with Crippen molar-refractivity contribution in [3.05, 3.63) is 41.0 Å². The first-order chi connectivity index (χ1) is 8.54. The Kier molecular flexibility index (Phi) is 5.98. The Morgan fingerprint density at radius 1 is 1.44 bits per heavy atom. The Bertz CT molecular complexity index is 445. The number of aryl methyl sites for hydroxylation is 1. The summed E-state index contributed by atoms with van der Waals surface area (Å²) in [5.74, 6) is -1.06. The number of hydrogen-bond donors (Lipinski definition) is 1. The van der Waals surface area contributed by atoms with Gasteiger partial charge >= 0.3 is 5.97 Å². The fourth-order valence-corrected chi connectivity index (χ4v) is 1.84. The number of hydrogen-bond acceptors (Lipinski definition) is 1. The van der Waals surface area contributed by atoms with E-state index in [4.69, 9.17) is 5.11 Å². The predicted molar refractivity (Wildman–Crippen MR) is 70.2 cm³/mol. The third-order valence-electron chi connectivity index (χ3n) is 2.40. The maximum atomic E-state index is 12.6. The quantitative estimate of drug-likeness (QED) is 0.634. The molecule has 1 aromatic rings. The molecule has 1 aromatic carbocycles. The lowest BCUT2D eigenvalue weighted by Gasteiger charge is -2.08. The Balaban J connectivity index is 3.03. The molecule has 0 spiro atoms. The van der Waals surface area contributed by atoms with Gasteiger partial charge in [-0.05, 0) is 36.1 Å². The number of benzene rings is 1. The summed E-state index contributed by atoms with van der Waals surface area (Å²) in [5.41, 5.74) is 1.37. The minimum atomic E-state index is -2.51. The van der Waals surface area contributed by atoms with E-state index in [-0.39, 0.29) is 5.56 Å². The van der Waals surface area contributed by atoms with Crippen molar-refractivity contribution in [3.63, 3.8) is 0 Å². The second-order valence-corrected chi connectivity index (χ2v) is 4.52. The highest BCUT2D eigenvalue weighted by Crippen LogP contribution is 2.23. The SMILES string of the molecule is O=C(O)/C=C/c1ccc(C(F)F)cc1CCCBr. The minimum absolute atomic E-state index is 0.0351. The lowest BCUT2D eigenvalue weighted by Crippen LogP contribution is -1.95. The summed E-state index contributed by atoms with van der Waals surface area (Å²) in [6.45, 7) is 0. The van der Waals surface area contributed by atoms with Gasteiger partial charge in [0, 0.05) is 17.0 Å². The normalized spacial score (nSPS) is 11.3. The Morgan fingerprint density at radius 2 is 2.17 bits per heavy atom. The maximum Gasteiger partial charge on any atom is 0.328 e. The molecule has 0 amide bonds. The van der Waals surface area contributed by atoms with Gasteiger partial charge in [0.15, 0.2) is 0 Å². The van der Waals surface area contributed by atoms with Crippen LogP contribution in [0.25, 0.3) is 6.08 Å². The minimum Gasteiger partial charge on any atom is -0.478 e. The fraction of sp³-hybridized carbons (Fsp3) is 0.308. The molecule has 0 aliphatic heterocycles. The van der Waals surface area contributed by atoms with Crippen molar-refractivity contribution in [2.45, 2.75) is 19.3 Å². The topological polar surface area (TPSA) is 37.3 Å². The number of carbonyl (C=O) groups is 1. The number of carboxylic acid groups (broad SMARTS) is 1. The Morgan fingerprint density at radius 3 is 2.72 bits per heavy atom. The molecule has 0 atom stereocenters. The lowest BCUT2D eigenvalue weighted by molar-refractivity contribution is -0.131. The third kappa shape index (κ3) is 4.56. The van der Waals surface area contributed by atoms with Crippen molar-refractivity contribution in [2.24, 2.45) is 0 Å². The van der Waals surface area contributed by atoms with Crippen molar-refractivity contribution in [1.82, 2.24) is 0 Å². The van der Waals surface area contributed by atoms with Crippen LogP contribution in [-0.4, -0.2) is 16.4 Å². The largest absolute Gasteiger partial charge is 0.478 e. The molecule has 0 unspecified atom stereocenters. The van der Waals surface area contributed by atoms with Gasteiger partial charge in [0.05, 0.1) is 0 Å². The standard InChI is InChI=1S/C13H13BrF2O2/c14-7-1-2-10-8-11(13(15)16)4-3-9(10)5-6-12(17)18/h3-6,8,13H,1-2,7H2,(H,17,18)/b6-5+. The molecule has 0 aliphatic carbocycles.